The van der Waals surface area contributed by atoms with Crippen molar-refractivity contribution < 1.29 is 24.3 Å². The van der Waals surface area contributed by atoms with Crippen LogP contribution in [0.2, 0.25) is 0 Å². The first-order valence-electron chi connectivity index (χ1n) is 6.88. The summed E-state index contributed by atoms with van der Waals surface area (Å²) in [4.78, 5) is 16.5. The molecular formula is C13H19N4O5+. The molecule has 1 aliphatic heterocycles. The van der Waals surface area contributed by atoms with E-state index in [0.717, 1.165) is 0 Å². The lowest BCUT2D eigenvalue weighted by Gasteiger charge is -2.16. The zero-order valence-electron chi connectivity index (χ0n) is 12.6. The molecule has 9 heteroatoms. The second kappa shape index (κ2) is 5.43. The second-order valence-electron chi connectivity index (χ2n) is 5.41. The Bertz CT molecular complexity index is 755. The number of rotatable bonds is 3. The largest absolute Gasteiger partial charge is 0.394 e. The third-order valence-corrected chi connectivity index (χ3v) is 4.02. The molecular weight excluding hydrogens is 292 g/mol. The van der Waals surface area contributed by atoms with Crippen LogP contribution in [-0.4, -0.2) is 56.4 Å². The lowest BCUT2D eigenvalue weighted by molar-refractivity contribution is -0.746. The fourth-order valence-corrected chi connectivity index (χ4v) is 2.85. The highest BCUT2D eigenvalue weighted by molar-refractivity contribution is 5.65. The van der Waals surface area contributed by atoms with E-state index in [2.05, 4.69) is 4.98 Å². The summed E-state index contributed by atoms with van der Waals surface area (Å²) in [5.41, 5.74) is 0.673. The van der Waals surface area contributed by atoms with E-state index in [9.17, 15) is 15.0 Å². The van der Waals surface area contributed by atoms with E-state index in [1.807, 2.05) is 0 Å². The topological polar surface area (TPSA) is 103 Å². The van der Waals surface area contributed by atoms with E-state index < -0.39 is 24.5 Å². The Morgan fingerprint density at radius 3 is 2.82 bits per heavy atom. The molecule has 0 aromatic carbocycles. The number of ether oxygens (including phenoxy) is 2. The maximum absolute atomic E-state index is 12.2. The highest BCUT2D eigenvalue weighted by Gasteiger charge is 2.47. The second-order valence-corrected chi connectivity index (χ2v) is 5.41. The molecule has 4 atom stereocenters. The van der Waals surface area contributed by atoms with Crippen LogP contribution >= 0.6 is 0 Å². The van der Waals surface area contributed by atoms with Crippen molar-refractivity contribution in [3.8, 4) is 0 Å². The molecule has 3 rings (SSSR count). The molecule has 2 aromatic rings. The van der Waals surface area contributed by atoms with E-state index in [-0.39, 0.29) is 12.2 Å². The van der Waals surface area contributed by atoms with Gasteiger partial charge in [-0.1, -0.05) is 4.98 Å². The quantitative estimate of drug-likeness (QED) is 0.625. The van der Waals surface area contributed by atoms with Crippen LogP contribution < -0.4 is 10.1 Å². The molecule has 1 fully saturated rings. The van der Waals surface area contributed by atoms with Crippen LogP contribution in [0.25, 0.3) is 11.2 Å². The summed E-state index contributed by atoms with van der Waals surface area (Å²) in [7, 11) is 4.82. The number of aliphatic hydroxyl groups is 2. The first-order valence-corrected chi connectivity index (χ1v) is 6.88. The number of methoxy groups -OCH3 is 1. The van der Waals surface area contributed by atoms with Gasteiger partial charge in [0.2, 0.25) is 11.7 Å². The summed E-state index contributed by atoms with van der Waals surface area (Å²) >= 11 is 0. The number of hydrogen-bond acceptors (Lipinski definition) is 6. The van der Waals surface area contributed by atoms with Gasteiger partial charge in [0.25, 0.3) is 5.56 Å². The highest BCUT2D eigenvalue weighted by atomic mass is 16.6. The summed E-state index contributed by atoms with van der Waals surface area (Å²) in [5, 5.41) is 19.4. The van der Waals surface area contributed by atoms with Crippen molar-refractivity contribution in [2.75, 3.05) is 13.7 Å². The summed E-state index contributed by atoms with van der Waals surface area (Å²) in [6.45, 7) is -0.321. The SMILES string of the molecule is CO[C@@H]1[C@H](O)[C@@H](CO)O[C@H]1[n+]1cn(C)c2c(=O)n(C)cnc21. The molecule has 1 aliphatic rings. The number of imidazole rings is 1. The Morgan fingerprint density at radius 2 is 2.18 bits per heavy atom. The predicted molar refractivity (Wildman–Crippen MR) is 73.9 cm³/mol. The predicted octanol–water partition coefficient (Wildman–Crippen LogP) is -2.17. The average molecular weight is 311 g/mol. The number of aromatic nitrogens is 4. The molecule has 2 aromatic heterocycles. The minimum atomic E-state index is -0.964. The lowest BCUT2D eigenvalue weighted by atomic mass is 10.1. The van der Waals surface area contributed by atoms with Gasteiger partial charge in [0.05, 0.1) is 13.7 Å². The molecule has 0 unspecified atom stereocenters. The smallest absolute Gasteiger partial charge is 0.311 e. The normalized spacial score (nSPS) is 28.6. The van der Waals surface area contributed by atoms with Crippen LogP contribution in [0, 0.1) is 0 Å². The Kier molecular flexibility index (Phi) is 3.73. The molecule has 22 heavy (non-hydrogen) atoms. The maximum atomic E-state index is 12.2. The number of aliphatic hydroxyl groups excluding tert-OH is 2. The maximum Gasteiger partial charge on any atom is 0.311 e. The van der Waals surface area contributed by atoms with Gasteiger partial charge in [0.15, 0.2) is 12.7 Å². The van der Waals surface area contributed by atoms with Crippen molar-refractivity contribution in [2.24, 2.45) is 14.1 Å². The molecule has 3 heterocycles. The first kappa shape index (κ1) is 15.1. The van der Waals surface area contributed by atoms with Gasteiger partial charge in [-0.2, -0.15) is 0 Å². The van der Waals surface area contributed by atoms with Gasteiger partial charge in [-0.3, -0.25) is 13.9 Å². The van der Waals surface area contributed by atoms with Crippen LogP contribution in [0.4, 0.5) is 0 Å². The molecule has 9 nitrogen and oxygen atoms in total. The molecule has 2 N–H and O–H groups in total. The number of aryl methyl sites for hydroxylation is 2. The zero-order valence-corrected chi connectivity index (χ0v) is 12.6. The molecule has 0 amide bonds. The molecule has 0 bridgehead atoms. The summed E-state index contributed by atoms with van der Waals surface area (Å²) in [5.74, 6) is 0. The molecule has 0 saturated carbocycles. The number of fused-ring (bicyclic) bond motifs is 1. The van der Waals surface area contributed by atoms with Gasteiger partial charge in [-0.05, 0) is 0 Å². The van der Waals surface area contributed by atoms with Crippen molar-refractivity contribution >= 4 is 11.2 Å². The Morgan fingerprint density at radius 1 is 1.45 bits per heavy atom. The Balaban J connectivity index is 2.15. The monoisotopic (exact) mass is 311 g/mol. The van der Waals surface area contributed by atoms with Crippen molar-refractivity contribution in [1.82, 2.24) is 14.1 Å². The molecule has 0 aliphatic carbocycles. The summed E-state index contributed by atoms with van der Waals surface area (Å²) in [6, 6.07) is 0. The molecule has 1 saturated heterocycles. The summed E-state index contributed by atoms with van der Waals surface area (Å²) < 4.78 is 15.7. The van der Waals surface area contributed by atoms with E-state index in [0.29, 0.717) is 11.2 Å². The average Bonchev–Trinajstić information content (AvgIpc) is 3.00. The Labute approximate surface area is 126 Å². The first-order chi connectivity index (χ1) is 10.5. The van der Waals surface area contributed by atoms with Crippen LogP contribution in [0.1, 0.15) is 6.23 Å². The minimum Gasteiger partial charge on any atom is -0.394 e. The zero-order chi connectivity index (χ0) is 16.0. The van der Waals surface area contributed by atoms with E-state index >= 15 is 0 Å². The van der Waals surface area contributed by atoms with Gasteiger partial charge >= 0.3 is 5.65 Å². The van der Waals surface area contributed by atoms with E-state index in [1.165, 1.54) is 18.0 Å². The standard InChI is InChI=1S/C13H19N4O5/c1-15-5-14-11-8(12(15)20)16(2)6-17(11)13-10(21-3)9(19)7(4-18)22-13/h5-7,9-10,13,18-19H,4H2,1-3H3/q+1/t7-,9-,10-,13-/m1/s1. The van der Waals surface area contributed by atoms with E-state index in [1.54, 1.807) is 29.6 Å². The molecule has 0 spiro atoms. The summed E-state index contributed by atoms with van der Waals surface area (Å²) in [6.07, 6.45) is 0.0396. The fraction of sp³-hybridized carbons (Fsp3) is 0.615. The van der Waals surface area contributed by atoms with Crippen molar-refractivity contribution in [2.45, 2.75) is 24.5 Å². The molecule has 120 valence electrons. The van der Waals surface area contributed by atoms with Crippen molar-refractivity contribution in [1.29, 1.82) is 0 Å². The van der Waals surface area contributed by atoms with Crippen LogP contribution in [0.5, 0.6) is 0 Å². The van der Waals surface area contributed by atoms with Crippen molar-refractivity contribution in [3.05, 3.63) is 23.0 Å². The van der Waals surface area contributed by atoms with Crippen LogP contribution in [0.15, 0.2) is 17.4 Å². The van der Waals surface area contributed by atoms with E-state index in [4.69, 9.17) is 9.47 Å². The van der Waals surface area contributed by atoms with Gasteiger partial charge in [0.1, 0.15) is 18.3 Å². The number of hydrogen-bond donors (Lipinski definition) is 2. The van der Waals surface area contributed by atoms with Crippen molar-refractivity contribution in [3.63, 3.8) is 0 Å². The van der Waals surface area contributed by atoms with Gasteiger partial charge < -0.3 is 19.7 Å². The Hall–Kier alpha value is -1.81. The molecule has 0 radical (unpaired) electrons. The fourth-order valence-electron chi connectivity index (χ4n) is 2.85. The number of nitrogens with zero attached hydrogens (tertiary/aromatic N) is 4. The highest BCUT2D eigenvalue weighted by Crippen LogP contribution is 2.28. The van der Waals surface area contributed by atoms with Gasteiger partial charge in [-0.25, -0.2) is 4.57 Å². The van der Waals surface area contributed by atoms with Crippen LogP contribution in [0.3, 0.4) is 0 Å². The minimum absolute atomic E-state index is 0.183. The third-order valence-electron chi connectivity index (χ3n) is 4.02. The van der Waals surface area contributed by atoms with Gasteiger partial charge in [-0.15, -0.1) is 0 Å². The van der Waals surface area contributed by atoms with Crippen LogP contribution in [-0.2, 0) is 23.6 Å². The third kappa shape index (κ3) is 2.05. The lowest BCUT2D eigenvalue weighted by Crippen LogP contribution is -2.47. The van der Waals surface area contributed by atoms with Gasteiger partial charge in [0, 0.05) is 14.2 Å².